The van der Waals surface area contributed by atoms with Crippen LogP contribution in [0, 0.1) is 5.92 Å². The van der Waals surface area contributed by atoms with Crippen LogP contribution in [0.5, 0.6) is 0 Å². The third kappa shape index (κ3) is 5.93. The van der Waals surface area contributed by atoms with Gasteiger partial charge in [-0.05, 0) is 47.6 Å². The highest BCUT2D eigenvalue weighted by molar-refractivity contribution is 5.84. The molecular formula is C29H30N2O3. The summed E-state index contributed by atoms with van der Waals surface area (Å²) in [5, 5.41) is 13.6. The number of hydrogen-bond acceptors (Lipinski definition) is 2. The molecule has 0 aliphatic heterocycles. The molecule has 34 heavy (non-hydrogen) atoms. The maximum atomic E-state index is 12.8. The summed E-state index contributed by atoms with van der Waals surface area (Å²) in [6, 6.07) is 26.2. The van der Waals surface area contributed by atoms with E-state index in [0.717, 1.165) is 33.2 Å². The predicted molar refractivity (Wildman–Crippen MR) is 136 cm³/mol. The second-order valence-corrected chi connectivity index (χ2v) is 8.87. The van der Waals surface area contributed by atoms with Crippen LogP contribution in [0.25, 0.3) is 22.0 Å². The number of benzene rings is 3. The molecule has 0 aliphatic carbocycles. The molecule has 1 amide bonds. The molecule has 0 fully saturated rings. The lowest BCUT2D eigenvalue weighted by Gasteiger charge is -2.21. The van der Waals surface area contributed by atoms with Crippen molar-refractivity contribution in [3.05, 3.63) is 96.2 Å². The number of para-hydroxylation sites is 1. The van der Waals surface area contributed by atoms with Crippen LogP contribution in [0.2, 0.25) is 0 Å². The summed E-state index contributed by atoms with van der Waals surface area (Å²) in [6.07, 6.45) is 3.91. The smallest absolute Gasteiger partial charge is 0.306 e. The maximum Gasteiger partial charge on any atom is 0.306 e. The number of aromatic amines is 1. The van der Waals surface area contributed by atoms with E-state index in [2.05, 4.69) is 52.8 Å². The van der Waals surface area contributed by atoms with E-state index in [-0.39, 0.29) is 11.9 Å². The van der Waals surface area contributed by atoms with E-state index in [0.29, 0.717) is 25.7 Å². The molecule has 4 rings (SSSR count). The van der Waals surface area contributed by atoms with Gasteiger partial charge in [0.2, 0.25) is 5.91 Å². The Hall–Kier alpha value is -3.86. The molecule has 4 aromatic rings. The summed E-state index contributed by atoms with van der Waals surface area (Å²) >= 11 is 0. The number of aliphatic carboxylic acids is 1. The average Bonchev–Trinajstić information content (AvgIpc) is 3.27. The van der Waals surface area contributed by atoms with Gasteiger partial charge in [0.1, 0.15) is 0 Å². The van der Waals surface area contributed by atoms with Gasteiger partial charge in [-0.3, -0.25) is 9.59 Å². The van der Waals surface area contributed by atoms with E-state index in [1.807, 2.05) is 42.6 Å². The van der Waals surface area contributed by atoms with Crippen LogP contribution in [-0.2, 0) is 22.4 Å². The Balaban J connectivity index is 1.40. The Morgan fingerprint density at radius 3 is 2.32 bits per heavy atom. The van der Waals surface area contributed by atoms with Crippen molar-refractivity contribution in [1.29, 1.82) is 0 Å². The Kier molecular flexibility index (Phi) is 7.43. The van der Waals surface area contributed by atoms with Gasteiger partial charge in [-0.15, -0.1) is 0 Å². The topological polar surface area (TPSA) is 82.2 Å². The van der Waals surface area contributed by atoms with Gasteiger partial charge in [0, 0.05) is 29.6 Å². The summed E-state index contributed by atoms with van der Waals surface area (Å²) < 4.78 is 0. The highest BCUT2D eigenvalue weighted by atomic mass is 16.4. The summed E-state index contributed by atoms with van der Waals surface area (Å²) in [5.74, 6) is -1.45. The number of rotatable bonds is 10. The fourth-order valence-electron chi connectivity index (χ4n) is 4.36. The minimum absolute atomic E-state index is 0.0613. The molecule has 0 spiro atoms. The van der Waals surface area contributed by atoms with Crippen molar-refractivity contribution in [2.45, 2.75) is 38.6 Å². The number of H-pyrrole nitrogens is 1. The van der Waals surface area contributed by atoms with Crippen LogP contribution in [0.1, 0.15) is 30.9 Å². The molecule has 0 aliphatic rings. The van der Waals surface area contributed by atoms with Gasteiger partial charge < -0.3 is 15.4 Å². The lowest BCUT2D eigenvalue weighted by atomic mass is 9.94. The second-order valence-electron chi connectivity index (χ2n) is 8.87. The molecule has 3 aromatic carbocycles. The molecule has 0 unspecified atom stereocenters. The van der Waals surface area contributed by atoms with Gasteiger partial charge in [0.15, 0.2) is 0 Å². The zero-order valence-electron chi connectivity index (χ0n) is 19.3. The lowest BCUT2D eigenvalue weighted by Crippen LogP contribution is -2.38. The molecule has 1 aromatic heterocycles. The third-order valence-corrected chi connectivity index (χ3v) is 6.26. The van der Waals surface area contributed by atoms with Gasteiger partial charge in [-0.1, -0.05) is 79.7 Å². The number of aryl methyl sites for hydroxylation is 1. The number of carboxylic acid groups (broad SMARTS) is 1. The van der Waals surface area contributed by atoms with Gasteiger partial charge in [-0.2, -0.15) is 0 Å². The molecule has 0 radical (unpaired) electrons. The van der Waals surface area contributed by atoms with Crippen molar-refractivity contribution < 1.29 is 14.7 Å². The number of carboxylic acids is 1. The molecule has 5 nitrogen and oxygen atoms in total. The summed E-state index contributed by atoms with van der Waals surface area (Å²) in [7, 11) is 0. The Morgan fingerprint density at radius 1 is 0.912 bits per heavy atom. The summed E-state index contributed by atoms with van der Waals surface area (Å²) in [5.41, 5.74) is 5.51. The summed E-state index contributed by atoms with van der Waals surface area (Å²) in [4.78, 5) is 27.5. The highest BCUT2D eigenvalue weighted by Gasteiger charge is 2.21. The third-order valence-electron chi connectivity index (χ3n) is 6.26. The van der Waals surface area contributed by atoms with Crippen LogP contribution in [0.4, 0.5) is 0 Å². The number of carbonyl (C=O) groups is 2. The van der Waals surface area contributed by atoms with Crippen molar-refractivity contribution in [3.63, 3.8) is 0 Å². The van der Waals surface area contributed by atoms with Gasteiger partial charge in [-0.25, -0.2) is 0 Å². The first-order chi connectivity index (χ1) is 16.5. The lowest BCUT2D eigenvalue weighted by molar-refractivity contribution is -0.141. The average molecular weight is 455 g/mol. The second kappa shape index (κ2) is 10.8. The molecule has 0 saturated carbocycles. The SMILES string of the molecule is C[C@H](C[C@@H](Cc1ccc(-c2ccccc2)cc1)NC(=O)CCc1c[nH]c2ccccc12)C(=O)O. The van der Waals surface area contributed by atoms with E-state index in [4.69, 9.17) is 0 Å². The number of nitrogens with one attached hydrogen (secondary N) is 2. The highest BCUT2D eigenvalue weighted by Crippen LogP contribution is 2.21. The van der Waals surface area contributed by atoms with Crippen molar-refractivity contribution in [1.82, 2.24) is 10.3 Å². The molecular weight excluding hydrogens is 424 g/mol. The van der Waals surface area contributed by atoms with E-state index in [9.17, 15) is 14.7 Å². The van der Waals surface area contributed by atoms with Crippen LogP contribution < -0.4 is 5.32 Å². The van der Waals surface area contributed by atoms with Gasteiger partial charge in [0.25, 0.3) is 0 Å². The molecule has 1 heterocycles. The first-order valence-corrected chi connectivity index (χ1v) is 11.7. The summed E-state index contributed by atoms with van der Waals surface area (Å²) in [6.45, 7) is 1.69. The van der Waals surface area contributed by atoms with Crippen molar-refractivity contribution in [2.24, 2.45) is 5.92 Å². The zero-order valence-corrected chi connectivity index (χ0v) is 19.3. The van der Waals surface area contributed by atoms with Crippen LogP contribution in [0.3, 0.4) is 0 Å². The number of carbonyl (C=O) groups excluding carboxylic acids is 1. The molecule has 3 N–H and O–H groups in total. The fourth-order valence-corrected chi connectivity index (χ4v) is 4.36. The van der Waals surface area contributed by atoms with E-state index in [1.54, 1.807) is 6.92 Å². The van der Waals surface area contributed by atoms with Gasteiger partial charge in [0.05, 0.1) is 5.92 Å². The standard InChI is InChI=1S/C29H30N2O3/c1-20(29(33)34)17-25(18-21-11-13-23(14-12-21)22-7-3-2-4-8-22)31-28(32)16-15-24-19-30-27-10-6-5-9-26(24)27/h2-14,19-20,25,30H,15-18H2,1H3,(H,31,32)(H,33,34)/t20-,25+/m1/s1. The number of amides is 1. The number of aromatic nitrogens is 1. The van der Waals surface area contributed by atoms with Crippen molar-refractivity contribution in [3.8, 4) is 11.1 Å². The minimum Gasteiger partial charge on any atom is -0.481 e. The largest absolute Gasteiger partial charge is 0.481 e. The molecule has 0 bridgehead atoms. The Labute approximate surface area is 199 Å². The van der Waals surface area contributed by atoms with Gasteiger partial charge >= 0.3 is 5.97 Å². The normalized spacial score (nSPS) is 12.9. The maximum absolute atomic E-state index is 12.8. The quantitative estimate of drug-likeness (QED) is 0.291. The van der Waals surface area contributed by atoms with Crippen molar-refractivity contribution >= 4 is 22.8 Å². The van der Waals surface area contributed by atoms with E-state index >= 15 is 0 Å². The minimum atomic E-state index is -0.850. The van der Waals surface area contributed by atoms with Crippen LogP contribution >= 0.6 is 0 Å². The first-order valence-electron chi connectivity index (χ1n) is 11.7. The van der Waals surface area contributed by atoms with Crippen LogP contribution in [0.15, 0.2) is 85.1 Å². The predicted octanol–water partition coefficient (Wildman–Crippen LogP) is 5.61. The monoisotopic (exact) mass is 454 g/mol. The number of hydrogen-bond donors (Lipinski definition) is 3. The Morgan fingerprint density at radius 2 is 1.59 bits per heavy atom. The van der Waals surface area contributed by atoms with Crippen molar-refractivity contribution in [2.75, 3.05) is 0 Å². The molecule has 2 atom stereocenters. The zero-order chi connectivity index (χ0) is 23.9. The van der Waals surface area contributed by atoms with E-state index in [1.165, 1.54) is 0 Å². The van der Waals surface area contributed by atoms with Crippen LogP contribution in [-0.4, -0.2) is 28.0 Å². The molecule has 174 valence electrons. The first kappa shape index (κ1) is 23.3. The number of fused-ring (bicyclic) bond motifs is 1. The Bertz CT molecular complexity index is 1250. The molecule has 5 heteroatoms. The molecule has 0 saturated heterocycles. The fraction of sp³-hybridized carbons (Fsp3) is 0.241. The van der Waals surface area contributed by atoms with E-state index < -0.39 is 11.9 Å².